The van der Waals surface area contributed by atoms with E-state index in [2.05, 4.69) is 16.1 Å². The number of benzene rings is 1. The summed E-state index contributed by atoms with van der Waals surface area (Å²) in [5, 5.41) is 15.4. The van der Waals surface area contributed by atoms with E-state index in [1.807, 2.05) is 40.8 Å². The van der Waals surface area contributed by atoms with Crippen LogP contribution < -0.4 is 0 Å². The highest BCUT2D eigenvalue weighted by Crippen LogP contribution is 2.24. The summed E-state index contributed by atoms with van der Waals surface area (Å²) in [6.45, 7) is 3.83. The maximum Gasteiger partial charge on any atom is 0.223 e. The third-order valence-corrected chi connectivity index (χ3v) is 5.88. The Morgan fingerprint density at radius 2 is 2.19 bits per heavy atom. The number of para-hydroxylation sites is 1. The number of carbonyl (C=O) groups is 1. The highest BCUT2D eigenvalue weighted by atomic mass is 32.1. The van der Waals surface area contributed by atoms with Crippen LogP contribution >= 0.6 is 11.3 Å². The van der Waals surface area contributed by atoms with Gasteiger partial charge >= 0.3 is 0 Å². The normalized spacial score (nSPS) is 15.2. The average molecular weight is 370 g/mol. The monoisotopic (exact) mass is 370 g/mol. The second kappa shape index (κ2) is 7.17. The van der Waals surface area contributed by atoms with Gasteiger partial charge in [-0.3, -0.25) is 9.48 Å². The molecule has 6 nitrogen and oxygen atoms in total. The Kier molecular flexibility index (Phi) is 4.74. The zero-order valence-corrected chi connectivity index (χ0v) is 15.6. The van der Waals surface area contributed by atoms with Crippen LogP contribution in [0.4, 0.5) is 0 Å². The third-order valence-electron chi connectivity index (χ3n) is 4.79. The van der Waals surface area contributed by atoms with Gasteiger partial charge in [-0.2, -0.15) is 5.10 Å². The van der Waals surface area contributed by atoms with Crippen molar-refractivity contribution in [2.45, 2.75) is 45.4 Å². The zero-order valence-electron chi connectivity index (χ0n) is 14.8. The summed E-state index contributed by atoms with van der Waals surface area (Å²) in [6.07, 6.45) is 1.25. The van der Waals surface area contributed by atoms with E-state index >= 15 is 0 Å². The van der Waals surface area contributed by atoms with Crippen LogP contribution in [-0.2, 0) is 24.3 Å². The van der Waals surface area contributed by atoms with E-state index in [9.17, 15) is 9.90 Å². The second-order valence-corrected chi connectivity index (χ2v) is 7.71. The molecule has 1 aliphatic heterocycles. The number of aliphatic hydroxyl groups excluding tert-OH is 1. The van der Waals surface area contributed by atoms with Gasteiger partial charge in [0.1, 0.15) is 0 Å². The van der Waals surface area contributed by atoms with Gasteiger partial charge in [0, 0.05) is 19.4 Å². The number of carbonyl (C=O) groups excluding carboxylic acids is 1. The Balaban J connectivity index is 1.39. The Morgan fingerprint density at radius 1 is 1.35 bits per heavy atom. The zero-order chi connectivity index (χ0) is 18.1. The number of fused-ring (bicyclic) bond motifs is 2. The predicted molar refractivity (Wildman–Crippen MR) is 101 cm³/mol. The van der Waals surface area contributed by atoms with Crippen LogP contribution in [0.3, 0.4) is 0 Å². The second-order valence-electron chi connectivity index (χ2n) is 6.60. The first-order valence-corrected chi connectivity index (χ1v) is 9.82. The van der Waals surface area contributed by atoms with Crippen molar-refractivity contribution in [1.82, 2.24) is 19.7 Å². The molecule has 0 aliphatic carbocycles. The fourth-order valence-electron chi connectivity index (χ4n) is 3.27. The summed E-state index contributed by atoms with van der Waals surface area (Å²) in [5.41, 5.74) is 2.70. The molecule has 0 spiro atoms. The minimum atomic E-state index is -0.531. The molecule has 1 amide bonds. The first-order chi connectivity index (χ1) is 12.6. The van der Waals surface area contributed by atoms with Crippen molar-refractivity contribution in [1.29, 1.82) is 0 Å². The van der Waals surface area contributed by atoms with Crippen molar-refractivity contribution in [3.05, 3.63) is 46.7 Å². The standard InChI is InChI=1S/C19H22N4O2S/c1-2-16(24)15-11-13-12-22(9-10-23(13)21-15)19(25)8-7-18-20-14-5-3-4-6-17(14)26-18/h3-6,11,16,24H,2,7-10,12H2,1H3. The first-order valence-electron chi connectivity index (χ1n) is 9.01. The fraction of sp³-hybridized carbons (Fsp3) is 0.421. The highest BCUT2D eigenvalue weighted by molar-refractivity contribution is 7.18. The molecule has 1 N–H and O–H groups in total. The van der Waals surface area contributed by atoms with Crippen LogP contribution in [0.1, 0.15) is 42.3 Å². The summed E-state index contributed by atoms with van der Waals surface area (Å²) >= 11 is 1.66. The van der Waals surface area contributed by atoms with Gasteiger partial charge in [-0.05, 0) is 24.6 Å². The molecule has 0 bridgehead atoms. The molecule has 0 fully saturated rings. The lowest BCUT2D eigenvalue weighted by Gasteiger charge is -2.27. The largest absolute Gasteiger partial charge is 0.387 e. The van der Waals surface area contributed by atoms with Gasteiger partial charge < -0.3 is 10.0 Å². The molecule has 1 atom stereocenters. The van der Waals surface area contributed by atoms with Crippen molar-refractivity contribution in [2.75, 3.05) is 6.54 Å². The van der Waals surface area contributed by atoms with E-state index in [4.69, 9.17) is 0 Å². The quantitative estimate of drug-likeness (QED) is 0.750. The molecule has 4 rings (SSSR count). The number of aromatic nitrogens is 3. The van der Waals surface area contributed by atoms with E-state index in [1.54, 1.807) is 11.3 Å². The predicted octanol–water partition coefficient (Wildman–Crippen LogP) is 2.91. The molecule has 1 unspecified atom stereocenters. The lowest BCUT2D eigenvalue weighted by atomic mass is 10.2. The van der Waals surface area contributed by atoms with Gasteiger partial charge in [0.25, 0.3) is 0 Å². The van der Waals surface area contributed by atoms with Crippen molar-refractivity contribution >= 4 is 27.5 Å². The first kappa shape index (κ1) is 17.2. The number of aryl methyl sites for hydroxylation is 1. The molecule has 3 aromatic rings. The number of thiazole rings is 1. The molecular weight excluding hydrogens is 348 g/mol. The van der Waals surface area contributed by atoms with Crippen LogP contribution in [0.2, 0.25) is 0 Å². The summed E-state index contributed by atoms with van der Waals surface area (Å²) < 4.78 is 3.07. The molecule has 0 saturated heterocycles. The van der Waals surface area contributed by atoms with Gasteiger partial charge in [0.15, 0.2) is 0 Å². The van der Waals surface area contributed by atoms with E-state index in [0.29, 0.717) is 44.6 Å². The van der Waals surface area contributed by atoms with E-state index in [0.717, 1.165) is 16.2 Å². The summed E-state index contributed by atoms with van der Waals surface area (Å²) in [5.74, 6) is 0.147. The molecule has 26 heavy (non-hydrogen) atoms. The molecule has 7 heteroatoms. The number of amides is 1. The Hall–Kier alpha value is -2.25. The number of hydrogen-bond donors (Lipinski definition) is 1. The smallest absolute Gasteiger partial charge is 0.223 e. The maximum atomic E-state index is 12.6. The van der Waals surface area contributed by atoms with Crippen molar-refractivity contribution < 1.29 is 9.90 Å². The van der Waals surface area contributed by atoms with Crippen molar-refractivity contribution in [2.24, 2.45) is 0 Å². The van der Waals surface area contributed by atoms with Crippen LogP contribution in [-0.4, -0.2) is 37.2 Å². The lowest BCUT2D eigenvalue weighted by molar-refractivity contribution is -0.132. The van der Waals surface area contributed by atoms with Gasteiger partial charge in [-0.15, -0.1) is 11.3 Å². The van der Waals surface area contributed by atoms with Gasteiger partial charge in [-0.1, -0.05) is 19.1 Å². The summed E-state index contributed by atoms with van der Waals surface area (Å²) in [7, 11) is 0. The summed E-state index contributed by atoms with van der Waals surface area (Å²) in [6, 6.07) is 9.98. The van der Waals surface area contributed by atoms with Crippen LogP contribution in [0.5, 0.6) is 0 Å². The lowest BCUT2D eigenvalue weighted by Crippen LogP contribution is -2.38. The third kappa shape index (κ3) is 3.37. The fourth-order valence-corrected chi connectivity index (χ4v) is 4.24. The maximum absolute atomic E-state index is 12.6. The van der Waals surface area contributed by atoms with E-state index in [-0.39, 0.29) is 5.91 Å². The minimum Gasteiger partial charge on any atom is -0.387 e. The van der Waals surface area contributed by atoms with Gasteiger partial charge in [-0.25, -0.2) is 4.98 Å². The topological polar surface area (TPSA) is 71.2 Å². The summed E-state index contributed by atoms with van der Waals surface area (Å²) in [4.78, 5) is 19.1. The molecule has 136 valence electrons. The molecule has 0 saturated carbocycles. The van der Waals surface area contributed by atoms with Crippen LogP contribution in [0.15, 0.2) is 30.3 Å². The molecule has 1 aliphatic rings. The molecule has 3 heterocycles. The SMILES string of the molecule is CCC(O)c1cc2n(n1)CCN(C(=O)CCc1nc3ccccc3s1)C2. The van der Waals surface area contributed by atoms with Gasteiger partial charge in [0.2, 0.25) is 5.91 Å². The number of aliphatic hydroxyl groups is 1. The number of nitrogens with zero attached hydrogens (tertiary/aromatic N) is 4. The van der Waals surface area contributed by atoms with Gasteiger partial charge in [0.05, 0.1) is 45.8 Å². The van der Waals surface area contributed by atoms with Crippen molar-refractivity contribution in [3.8, 4) is 0 Å². The minimum absolute atomic E-state index is 0.147. The van der Waals surface area contributed by atoms with Crippen molar-refractivity contribution in [3.63, 3.8) is 0 Å². The number of rotatable bonds is 5. The molecular formula is C19H22N4O2S. The van der Waals surface area contributed by atoms with E-state index in [1.165, 1.54) is 4.70 Å². The highest BCUT2D eigenvalue weighted by Gasteiger charge is 2.23. The molecule has 1 aromatic carbocycles. The average Bonchev–Trinajstić information content (AvgIpc) is 3.28. The molecule has 2 aromatic heterocycles. The molecule has 0 radical (unpaired) electrons. The van der Waals surface area contributed by atoms with Crippen LogP contribution in [0.25, 0.3) is 10.2 Å². The Labute approximate surface area is 156 Å². The number of hydrogen-bond acceptors (Lipinski definition) is 5. The Morgan fingerprint density at radius 3 is 3.00 bits per heavy atom. The van der Waals surface area contributed by atoms with E-state index < -0.39 is 6.10 Å². The Bertz CT molecular complexity index is 900. The van der Waals surface area contributed by atoms with Crippen LogP contribution in [0, 0.1) is 0 Å².